The van der Waals surface area contributed by atoms with Crippen LogP contribution in [-0.2, 0) is 6.42 Å². The Kier molecular flexibility index (Phi) is 7.20. The van der Waals surface area contributed by atoms with Gasteiger partial charge < -0.3 is 20.2 Å². The average Bonchev–Trinajstić information content (AvgIpc) is 3.10. The number of guanidine groups is 1. The van der Waals surface area contributed by atoms with E-state index in [2.05, 4.69) is 22.5 Å². The molecule has 0 fully saturated rings. The van der Waals surface area contributed by atoms with Gasteiger partial charge in [0.05, 0.1) is 18.9 Å². The van der Waals surface area contributed by atoms with Crippen molar-refractivity contribution < 1.29 is 9.52 Å². The summed E-state index contributed by atoms with van der Waals surface area (Å²) in [5, 5.41) is 16.7. The maximum Gasteiger partial charge on any atom is 0.191 e. The molecule has 1 aromatic heterocycles. The SMILES string of the molecule is CCCNC(=NCC(O)c1ccccc1)NCCc1ccco1. The van der Waals surface area contributed by atoms with Crippen LogP contribution in [0.25, 0.3) is 0 Å². The van der Waals surface area contributed by atoms with Crippen molar-refractivity contribution >= 4 is 5.96 Å². The second kappa shape index (κ2) is 9.69. The van der Waals surface area contributed by atoms with Crippen molar-refractivity contribution in [2.24, 2.45) is 4.99 Å². The van der Waals surface area contributed by atoms with Gasteiger partial charge in [-0.2, -0.15) is 0 Å². The smallest absolute Gasteiger partial charge is 0.191 e. The Morgan fingerprint density at radius 2 is 1.91 bits per heavy atom. The molecule has 0 spiro atoms. The quantitative estimate of drug-likeness (QED) is 0.517. The second-order valence-corrected chi connectivity index (χ2v) is 5.30. The van der Waals surface area contributed by atoms with Gasteiger partial charge in [-0.15, -0.1) is 0 Å². The number of furan rings is 1. The summed E-state index contributed by atoms with van der Waals surface area (Å²) in [6.07, 6.45) is 2.89. The van der Waals surface area contributed by atoms with E-state index in [1.807, 2.05) is 42.5 Å². The van der Waals surface area contributed by atoms with E-state index in [-0.39, 0.29) is 0 Å². The summed E-state index contributed by atoms with van der Waals surface area (Å²) < 4.78 is 5.31. The summed E-state index contributed by atoms with van der Waals surface area (Å²) in [6.45, 7) is 3.99. The number of benzene rings is 1. The van der Waals surface area contributed by atoms with Crippen LogP contribution in [0.15, 0.2) is 58.1 Å². The van der Waals surface area contributed by atoms with E-state index in [0.717, 1.165) is 37.3 Å². The van der Waals surface area contributed by atoms with Crippen LogP contribution in [0.5, 0.6) is 0 Å². The van der Waals surface area contributed by atoms with Crippen LogP contribution in [0.2, 0.25) is 0 Å². The van der Waals surface area contributed by atoms with Gasteiger partial charge in [0.1, 0.15) is 5.76 Å². The van der Waals surface area contributed by atoms with Gasteiger partial charge >= 0.3 is 0 Å². The maximum absolute atomic E-state index is 10.2. The molecule has 3 N–H and O–H groups in total. The van der Waals surface area contributed by atoms with E-state index >= 15 is 0 Å². The van der Waals surface area contributed by atoms with Gasteiger partial charge in [0, 0.05) is 19.5 Å². The molecule has 0 aliphatic heterocycles. The molecule has 2 rings (SSSR count). The predicted molar refractivity (Wildman–Crippen MR) is 92.4 cm³/mol. The molecule has 0 saturated heterocycles. The second-order valence-electron chi connectivity index (χ2n) is 5.30. The Morgan fingerprint density at radius 3 is 2.61 bits per heavy atom. The van der Waals surface area contributed by atoms with Gasteiger partial charge in [-0.05, 0) is 24.1 Å². The summed E-state index contributed by atoms with van der Waals surface area (Å²) in [6, 6.07) is 13.4. The highest BCUT2D eigenvalue weighted by Crippen LogP contribution is 2.11. The Morgan fingerprint density at radius 1 is 1.13 bits per heavy atom. The normalized spacial score (nSPS) is 12.9. The molecule has 0 amide bonds. The van der Waals surface area contributed by atoms with Gasteiger partial charge in [0.2, 0.25) is 0 Å². The van der Waals surface area contributed by atoms with Crippen LogP contribution in [0.1, 0.15) is 30.8 Å². The first kappa shape index (κ1) is 17.1. The van der Waals surface area contributed by atoms with Crippen LogP contribution in [0.4, 0.5) is 0 Å². The largest absolute Gasteiger partial charge is 0.469 e. The van der Waals surface area contributed by atoms with Crippen molar-refractivity contribution in [3.05, 3.63) is 60.1 Å². The Bertz CT molecular complexity index is 567. The third-order valence-corrected chi connectivity index (χ3v) is 3.39. The number of aliphatic hydroxyl groups excluding tert-OH is 1. The fraction of sp³-hybridized carbons (Fsp3) is 0.389. The van der Waals surface area contributed by atoms with Crippen molar-refractivity contribution in [2.45, 2.75) is 25.9 Å². The lowest BCUT2D eigenvalue weighted by atomic mass is 10.1. The average molecular weight is 315 g/mol. The highest BCUT2D eigenvalue weighted by atomic mass is 16.3. The zero-order valence-electron chi connectivity index (χ0n) is 13.5. The summed E-state index contributed by atoms with van der Waals surface area (Å²) >= 11 is 0. The molecule has 0 aliphatic carbocycles. The highest BCUT2D eigenvalue weighted by molar-refractivity contribution is 5.79. The molecule has 5 heteroatoms. The first-order valence-corrected chi connectivity index (χ1v) is 8.07. The number of rotatable bonds is 8. The molecule has 124 valence electrons. The predicted octanol–water partition coefficient (Wildman–Crippen LogP) is 2.50. The number of hydrogen-bond donors (Lipinski definition) is 3. The summed E-state index contributed by atoms with van der Waals surface area (Å²) in [7, 11) is 0. The molecule has 1 atom stereocenters. The van der Waals surface area contributed by atoms with Crippen molar-refractivity contribution in [3.8, 4) is 0 Å². The van der Waals surface area contributed by atoms with E-state index < -0.39 is 6.10 Å². The van der Waals surface area contributed by atoms with E-state index in [9.17, 15) is 5.11 Å². The van der Waals surface area contributed by atoms with Crippen LogP contribution in [0.3, 0.4) is 0 Å². The molecule has 0 radical (unpaired) electrons. The van der Waals surface area contributed by atoms with E-state index in [4.69, 9.17) is 4.42 Å². The summed E-state index contributed by atoms with van der Waals surface area (Å²) in [5.74, 6) is 1.66. The van der Waals surface area contributed by atoms with Crippen LogP contribution < -0.4 is 10.6 Å². The zero-order chi connectivity index (χ0) is 16.3. The number of aliphatic hydroxyl groups is 1. The fourth-order valence-corrected chi connectivity index (χ4v) is 2.13. The number of nitrogens with one attached hydrogen (secondary N) is 2. The lowest BCUT2D eigenvalue weighted by Crippen LogP contribution is -2.39. The standard InChI is InChI=1S/C18H25N3O2/c1-2-11-19-18(20-12-10-16-9-6-13-23-16)21-14-17(22)15-7-4-3-5-8-15/h3-9,13,17,22H,2,10-12,14H2,1H3,(H2,19,20,21). The number of hydrogen-bond acceptors (Lipinski definition) is 3. The van der Waals surface area contributed by atoms with Crippen LogP contribution >= 0.6 is 0 Å². The van der Waals surface area contributed by atoms with Gasteiger partial charge in [-0.3, -0.25) is 4.99 Å². The minimum atomic E-state index is -0.596. The monoisotopic (exact) mass is 315 g/mol. The minimum Gasteiger partial charge on any atom is -0.469 e. The number of aliphatic imine (C=N–C) groups is 1. The van der Waals surface area contributed by atoms with Gasteiger partial charge in [-0.1, -0.05) is 37.3 Å². The molecule has 23 heavy (non-hydrogen) atoms. The third kappa shape index (κ3) is 6.16. The molecule has 0 bridgehead atoms. The first-order chi connectivity index (χ1) is 11.3. The fourth-order valence-electron chi connectivity index (χ4n) is 2.13. The molecule has 1 heterocycles. The van der Waals surface area contributed by atoms with E-state index in [0.29, 0.717) is 12.5 Å². The minimum absolute atomic E-state index is 0.323. The van der Waals surface area contributed by atoms with Crippen molar-refractivity contribution in [1.29, 1.82) is 0 Å². The molecule has 0 aliphatic rings. The van der Waals surface area contributed by atoms with Gasteiger partial charge in [0.15, 0.2) is 5.96 Å². The van der Waals surface area contributed by atoms with E-state index in [1.54, 1.807) is 6.26 Å². The molecule has 0 saturated carbocycles. The molecular formula is C18H25N3O2. The van der Waals surface area contributed by atoms with Gasteiger partial charge in [-0.25, -0.2) is 0 Å². The van der Waals surface area contributed by atoms with Crippen molar-refractivity contribution in [3.63, 3.8) is 0 Å². The molecule has 5 nitrogen and oxygen atoms in total. The van der Waals surface area contributed by atoms with Crippen LogP contribution in [0, 0.1) is 0 Å². The Hall–Kier alpha value is -2.27. The van der Waals surface area contributed by atoms with Crippen LogP contribution in [-0.4, -0.2) is 30.7 Å². The molecule has 1 unspecified atom stereocenters. The lowest BCUT2D eigenvalue weighted by molar-refractivity contribution is 0.187. The maximum atomic E-state index is 10.2. The Labute approximate surface area is 137 Å². The summed E-state index contributed by atoms with van der Waals surface area (Å²) in [5.41, 5.74) is 0.877. The molecule has 2 aromatic rings. The first-order valence-electron chi connectivity index (χ1n) is 8.07. The number of nitrogens with zero attached hydrogens (tertiary/aromatic N) is 1. The zero-order valence-corrected chi connectivity index (χ0v) is 13.5. The Balaban J connectivity index is 1.85. The topological polar surface area (TPSA) is 69.8 Å². The molecular weight excluding hydrogens is 290 g/mol. The van der Waals surface area contributed by atoms with Gasteiger partial charge in [0.25, 0.3) is 0 Å². The summed E-state index contributed by atoms with van der Waals surface area (Å²) in [4.78, 5) is 4.47. The van der Waals surface area contributed by atoms with Crippen molar-refractivity contribution in [1.82, 2.24) is 10.6 Å². The highest BCUT2D eigenvalue weighted by Gasteiger charge is 2.07. The lowest BCUT2D eigenvalue weighted by Gasteiger charge is -2.13. The third-order valence-electron chi connectivity index (χ3n) is 3.39. The van der Waals surface area contributed by atoms with E-state index in [1.165, 1.54) is 0 Å². The molecule has 1 aromatic carbocycles. The van der Waals surface area contributed by atoms with Crippen molar-refractivity contribution in [2.75, 3.05) is 19.6 Å².